The van der Waals surface area contributed by atoms with Crippen LogP contribution in [0.2, 0.25) is 10.0 Å². The van der Waals surface area contributed by atoms with Gasteiger partial charge in [0.2, 0.25) is 0 Å². The van der Waals surface area contributed by atoms with Gasteiger partial charge in [0.05, 0.1) is 23.4 Å². The second-order valence-electron chi connectivity index (χ2n) is 4.71. The Bertz CT molecular complexity index is 728. The third-order valence-corrected chi connectivity index (χ3v) is 3.77. The fraction of sp³-hybridized carbons (Fsp3) is 0.176. The lowest BCUT2D eigenvalue weighted by Crippen LogP contribution is -2.20. The molecule has 1 N–H and O–H groups in total. The average Bonchev–Trinajstić information content (AvgIpc) is 2.55. The number of hydrazone groups is 1. The number of ether oxygens (including phenoxy) is 1. The maximum absolute atomic E-state index is 12.2. The highest BCUT2D eigenvalue weighted by molar-refractivity contribution is 6.36. The fourth-order valence-electron chi connectivity index (χ4n) is 1.98. The number of hydrogen-bond acceptors (Lipinski definition) is 3. The van der Waals surface area contributed by atoms with Gasteiger partial charge in [-0.05, 0) is 54.4 Å². The minimum atomic E-state index is -0.383. The Morgan fingerprint density at radius 1 is 1.17 bits per heavy atom. The van der Waals surface area contributed by atoms with Gasteiger partial charge in [0.15, 0.2) is 0 Å². The number of carbonyl (C=O) groups excluding carboxylic acids is 1. The van der Waals surface area contributed by atoms with Gasteiger partial charge in [0, 0.05) is 5.02 Å². The number of hydrogen-bond donors (Lipinski definition) is 1. The fourth-order valence-corrected chi connectivity index (χ4v) is 2.48. The molecule has 120 valence electrons. The number of methoxy groups -OCH3 is 1. The molecule has 0 saturated heterocycles. The summed E-state index contributed by atoms with van der Waals surface area (Å²) in [5, 5.41) is 4.95. The lowest BCUT2D eigenvalue weighted by Gasteiger charge is -2.07. The molecule has 0 saturated carbocycles. The van der Waals surface area contributed by atoms with Crippen LogP contribution in [0.3, 0.4) is 0 Å². The van der Waals surface area contributed by atoms with Gasteiger partial charge in [0.1, 0.15) is 5.75 Å². The minimum absolute atomic E-state index is 0.285. The monoisotopic (exact) mass is 350 g/mol. The van der Waals surface area contributed by atoms with Crippen molar-refractivity contribution < 1.29 is 9.53 Å². The van der Waals surface area contributed by atoms with E-state index in [9.17, 15) is 4.79 Å². The highest BCUT2D eigenvalue weighted by atomic mass is 35.5. The van der Waals surface area contributed by atoms with Crippen molar-refractivity contribution in [2.45, 2.75) is 13.3 Å². The Labute approximate surface area is 145 Å². The van der Waals surface area contributed by atoms with Crippen molar-refractivity contribution in [2.75, 3.05) is 7.11 Å². The number of carbonyl (C=O) groups is 1. The van der Waals surface area contributed by atoms with Gasteiger partial charge in [-0.15, -0.1) is 0 Å². The lowest BCUT2D eigenvalue weighted by molar-refractivity contribution is 0.0955. The molecule has 0 bridgehead atoms. The maximum atomic E-state index is 12.2. The molecule has 0 aliphatic heterocycles. The molecule has 23 heavy (non-hydrogen) atoms. The zero-order chi connectivity index (χ0) is 16.8. The standard InChI is InChI=1S/C17H16Cl2N2O2/c1-3-16(11-4-7-13(23-2)8-5-11)20-21-17(22)14-9-6-12(18)10-15(14)19/h4-10H,3H2,1-2H3,(H,21,22)/b20-16+. The SMILES string of the molecule is CC/C(=N\NC(=O)c1ccc(Cl)cc1Cl)c1ccc(OC)cc1. The molecule has 0 fully saturated rings. The van der Waals surface area contributed by atoms with Crippen LogP contribution in [0.1, 0.15) is 29.3 Å². The van der Waals surface area contributed by atoms with Crippen molar-refractivity contribution in [3.63, 3.8) is 0 Å². The maximum Gasteiger partial charge on any atom is 0.272 e. The van der Waals surface area contributed by atoms with Gasteiger partial charge >= 0.3 is 0 Å². The first-order chi connectivity index (χ1) is 11.0. The van der Waals surface area contributed by atoms with E-state index in [-0.39, 0.29) is 10.9 Å². The van der Waals surface area contributed by atoms with Crippen molar-refractivity contribution in [3.8, 4) is 5.75 Å². The van der Waals surface area contributed by atoms with Gasteiger partial charge in [-0.3, -0.25) is 4.79 Å². The summed E-state index contributed by atoms with van der Waals surface area (Å²) in [6.45, 7) is 1.96. The molecule has 0 unspecified atom stereocenters. The summed E-state index contributed by atoms with van der Waals surface area (Å²) in [7, 11) is 1.61. The molecule has 0 atom stereocenters. The normalized spacial score (nSPS) is 11.2. The molecule has 0 heterocycles. The highest BCUT2D eigenvalue weighted by Gasteiger charge is 2.10. The third kappa shape index (κ3) is 4.47. The molecule has 0 spiro atoms. The second kappa shape index (κ2) is 7.99. The molecule has 0 aliphatic carbocycles. The summed E-state index contributed by atoms with van der Waals surface area (Å²) >= 11 is 11.8. The second-order valence-corrected chi connectivity index (χ2v) is 5.55. The summed E-state index contributed by atoms with van der Waals surface area (Å²) in [6.07, 6.45) is 0.668. The van der Waals surface area contributed by atoms with Crippen LogP contribution in [0, 0.1) is 0 Å². The Kier molecular flexibility index (Phi) is 6.02. The molecule has 1 amide bonds. The first-order valence-corrected chi connectivity index (χ1v) is 7.77. The summed E-state index contributed by atoms with van der Waals surface area (Å²) in [5.74, 6) is 0.382. The zero-order valence-corrected chi connectivity index (χ0v) is 14.3. The van der Waals surface area contributed by atoms with E-state index in [1.54, 1.807) is 19.2 Å². The van der Waals surface area contributed by atoms with E-state index in [1.165, 1.54) is 6.07 Å². The van der Waals surface area contributed by atoms with Crippen LogP contribution in [-0.4, -0.2) is 18.7 Å². The molecular weight excluding hydrogens is 335 g/mol. The predicted molar refractivity (Wildman–Crippen MR) is 93.8 cm³/mol. The van der Waals surface area contributed by atoms with Crippen LogP contribution < -0.4 is 10.2 Å². The number of nitrogens with zero attached hydrogens (tertiary/aromatic N) is 1. The van der Waals surface area contributed by atoms with Gasteiger partial charge in [-0.25, -0.2) is 5.43 Å². The predicted octanol–water partition coefficient (Wildman–Crippen LogP) is 4.55. The molecular formula is C17H16Cl2N2O2. The van der Waals surface area contributed by atoms with Crippen LogP contribution in [-0.2, 0) is 0 Å². The highest BCUT2D eigenvalue weighted by Crippen LogP contribution is 2.21. The summed E-state index contributed by atoms with van der Waals surface area (Å²) in [5.41, 5.74) is 4.52. The molecule has 2 aromatic rings. The van der Waals surface area contributed by atoms with Crippen LogP contribution in [0.4, 0.5) is 0 Å². The smallest absolute Gasteiger partial charge is 0.272 e. The Morgan fingerprint density at radius 2 is 1.87 bits per heavy atom. The van der Waals surface area contributed by atoms with Crippen molar-refractivity contribution in [2.24, 2.45) is 5.10 Å². The van der Waals surface area contributed by atoms with Crippen LogP contribution in [0.25, 0.3) is 0 Å². The molecule has 4 nitrogen and oxygen atoms in total. The van der Waals surface area contributed by atoms with Crippen molar-refractivity contribution in [3.05, 3.63) is 63.6 Å². The molecule has 0 aromatic heterocycles. The Balaban J connectivity index is 2.16. The summed E-state index contributed by atoms with van der Waals surface area (Å²) < 4.78 is 5.13. The minimum Gasteiger partial charge on any atom is -0.497 e. The summed E-state index contributed by atoms with van der Waals surface area (Å²) in [4.78, 5) is 12.2. The van der Waals surface area contributed by atoms with Crippen molar-refractivity contribution in [1.29, 1.82) is 0 Å². The van der Waals surface area contributed by atoms with E-state index in [0.717, 1.165) is 17.0 Å². The van der Waals surface area contributed by atoms with Crippen molar-refractivity contribution in [1.82, 2.24) is 5.43 Å². The van der Waals surface area contributed by atoms with Gasteiger partial charge in [-0.1, -0.05) is 30.1 Å². The third-order valence-electron chi connectivity index (χ3n) is 3.23. The van der Waals surface area contributed by atoms with Gasteiger partial charge < -0.3 is 4.74 Å². The number of benzene rings is 2. The quantitative estimate of drug-likeness (QED) is 0.635. The molecule has 6 heteroatoms. The van der Waals surface area contributed by atoms with E-state index in [1.807, 2.05) is 31.2 Å². The van der Waals surface area contributed by atoms with Gasteiger partial charge in [0.25, 0.3) is 5.91 Å². The largest absolute Gasteiger partial charge is 0.497 e. The number of amides is 1. The lowest BCUT2D eigenvalue weighted by atomic mass is 10.1. The zero-order valence-electron chi connectivity index (χ0n) is 12.8. The Hall–Kier alpha value is -2.04. The van der Waals surface area contributed by atoms with E-state index < -0.39 is 0 Å². The van der Waals surface area contributed by atoms with Crippen molar-refractivity contribution >= 4 is 34.8 Å². The van der Waals surface area contributed by atoms with Crippen LogP contribution in [0.15, 0.2) is 47.6 Å². The molecule has 2 aromatic carbocycles. The average molecular weight is 351 g/mol. The van der Waals surface area contributed by atoms with E-state index >= 15 is 0 Å². The summed E-state index contributed by atoms with van der Waals surface area (Å²) in [6, 6.07) is 12.2. The Morgan fingerprint density at radius 3 is 2.43 bits per heavy atom. The molecule has 0 aliphatic rings. The molecule has 0 radical (unpaired) electrons. The topological polar surface area (TPSA) is 50.7 Å². The number of nitrogens with one attached hydrogen (secondary N) is 1. The van der Waals surface area contributed by atoms with E-state index in [4.69, 9.17) is 27.9 Å². The van der Waals surface area contributed by atoms with E-state index in [2.05, 4.69) is 10.5 Å². The number of rotatable bonds is 5. The van der Waals surface area contributed by atoms with Gasteiger partial charge in [-0.2, -0.15) is 5.10 Å². The number of halogens is 2. The van der Waals surface area contributed by atoms with Crippen LogP contribution >= 0.6 is 23.2 Å². The molecule has 2 rings (SSSR count). The van der Waals surface area contributed by atoms with E-state index in [0.29, 0.717) is 17.0 Å². The first kappa shape index (κ1) is 17.3. The first-order valence-electron chi connectivity index (χ1n) is 7.01. The van der Waals surface area contributed by atoms with Crippen LogP contribution in [0.5, 0.6) is 5.75 Å².